The molecule has 0 fully saturated rings. The lowest BCUT2D eigenvalue weighted by Crippen LogP contribution is -2.39. The van der Waals surface area contributed by atoms with Crippen LogP contribution >= 0.6 is 0 Å². The van der Waals surface area contributed by atoms with E-state index in [0.29, 0.717) is 13.2 Å². The molecule has 0 bridgehead atoms. The quantitative estimate of drug-likeness (QED) is 0.720. The molecule has 18 heavy (non-hydrogen) atoms. The fraction of sp³-hybridized carbons (Fsp3) is 0.538. The highest BCUT2D eigenvalue weighted by atomic mass is 16.6. The molecule has 2 rings (SSSR count). The monoisotopic (exact) mass is 252 g/mol. The van der Waals surface area contributed by atoms with Crippen molar-refractivity contribution < 1.29 is 14.6 Å². The molecule has 1 aromatic carbocycles. The number of benzene rings is 1. The maximum Gasteiger partial charge on any atom is 0.161 e. The number of likely N-dealkylation sites (N-methyl/N-ethyl adjacent to an activating group) is 1. The molecular formula is C13H20N2O3. The Morgan fingerprint density at radius 2 is 1.94 bits per heavy atom. The van der Waals surface area contributed by atoms with Gasteiger partial charge in [0.2, 0.25) is 0 Å². The van der Waals surface area contributed by atoms with E-state index in [1.54, 1.807) is 0 Å². The molecule has 4 N–H and O–H groups in total. The molecule has 1 heterocycles. The van der Waals surface area contributed by atoms with Crippen molar-refractivity contribution in [2.75, 3.05) is 26.9 Å². The highest BCUT2D eigenvalue weighted by molar-refractivity contribution is 5.49. The largest absolute Gasteiger partial charge is 0.486 e. The van der Waals surface area contributed by atoms with Gasteiger partial charge < -0.3 is 25.6 Å². The van der Waals surface area contributed by atoms with E-state index in [-0.39, 0.29) is 18.7 Å². The Kier molecular flexibility index (Phi) is 4.06. The predicted octanol–water partition coefficient (Wildman–Crippen LogP) is 0.346. The molecule has 1 aliphatic heterocycles. The summed E-state index contributed by atoms with van der Waals surface area (Å²) in [6.07, 6.45) is 0. The minimum absolute atomic E-state index is 0.0701. The molecule has 5 nitrogen and oxygen atoms in total. The molecule has 2 atom stereocenters. The summed E-state index contributed by atoms with van der Waals surface area (Å²) in [6.45, 7) is 3.07. The first kappa shape index (κ1) is 13.1. The summed E-state index contributed by atoms with van der Waals surface area (Å²) < 4.78 is 11.1. The van der Waals surface area contributed by atoms with Gasteiger partial charge in [-0.05, 0) is 37.2 Å². The van der Waals surface area contributed by atoms with Crippen LogP contribution in [0.25, 0.3) is 0 Å². The van der Waals surface area contributed by atoms with E-state index in [1.165, 1.54) is 0 Å². The zero-order valence-electron chi connectivity index (χ0n) is 10.8. The van der Waals surface area contributed by atoms with Crippen molar-refractivity contribution in [3.63, 3.8) is 0 Å². The number of ether oxygens (including phenoxy) is 2. The summed E-state index contributed by atoms with van der Waals surface area (Å²) in [5.74, 6) is 1.52. The molecule has 1 aromatic rings. The van der Waals surface area contributed by atoms with E-state index >= 15 is 0 Å². The maximum absolute atomic E-state index is 9.21. The van der Waals surface area contributed by atoms with Gasteiger partial charge in [0.1, 0.15) is 13.2 Å². The SMILES string of the molecule is CNC(c1cc2c(cc1C)OCCO2)C(N)CO. The predicted molar refractivity (Wildman–Crippen MR) is 69.0 cm³/mol. The molecule has 1 aliphatic rings. The van der Waals surface area contributed by atoms with E-state index in [0.717, 1.165) is 22.6 Å². The Bertz CT molecular complexity index is 423. The van der Waals surface area contributed by atoms with Crippen LogP contribution in [-0.2, 0) is 0 Å². The standard InChI is InChI=1S/C13H20N2O3/c1-8-5-11-12(18-4-3-17-11)6-9(8)13(15-2)10(14)7-16/h5-6,10,13,15-16H,3-4,7,14H2,1-2H3. The van der Waals surface area contributed by atoms with Crippen molar-refractivity contribution in [1.82, 2.24) is 5.32 Å². The van der Waals surface area contributed by atoms with Crippen molar-refractivity contribution >= 4 is 0 Å². The first-order chi connectivity index (χ1) is 8.67. The van der Waals surface area contributed by atoms with Gasteiger partial charge in [0, 0.05) is 12.1 Å². The number of hydrogen-bond donors (Lipinski definition) is 3. The van der Waals surface area contributed by atoms with Crippen LogP contribution < -0.4 is 20.5 Å². The van der Waals surface area contributed by atoms with E-state index in [1.807, 2.05) is 26.1 Å². The zero-order valence-corrected chi connectivity index (χ0v) is 10.8. The Morgan fingerprint density at radius 3 is 2.50 bits per heavy atom. The van der Waals surface area contributed by atoms with Gasteiger partial charge in [0.15, 0.2) is 11.5 Å². The third kappa shape index (κ3) is 2.43. The smallest absolute Gasteiger partial charge is 0.161 e. The zero-order chi connectivity index (χ0) is 13.1. The summed E-state index contributed by atoms with van der Waals surface area (Å²) in [4.78, 5) is 0. The first-order valence-electron chi connectivity index (χ1n) is 6.11. The maximum atomic E-state index is 9.21. The highest BCUT2D eigenvalue weighted by Crippen LogP contribution is 2.35. The minimum Gasteiger partial charge on any atom is -0.486 e. The van der Waals surface area contributed by atoms with E-state index in [4.69, 9.17) is 15.2 Å². The molecule has 0 saturated carbocycles. The molecule has 2 unspecified atom stereocenters. The van der Waals surface area contributed by atoms with Gasteiger partial charge in [-0.25, -0.2) is 0 Å². The van der Waals surface area contributed by atoms with E-state index in [9.17, 15) is 5.11 Å². The van der Waals surface area contributed by atoms with Gasteiger partial charge in [-0.15, -0.1) is 0 Å². The number of aliphatic hydroxyl groups is 1. The van der Waals surface area contributed by atoms with E-state index < -0.39 is 0 Å². The van der Waals surface area contributed by atoms with Gasteiger partial charge in [0.25, 0.3) is 0 Å². The number of nitrogens with two attached hydrogens (primary N) is 1. The number of nitrogens with one attached hydrogen (secondary N) is 1. The van der Waals surface area contributed by atoms with Gasteiger partial charge in [-0.3, -0.25) is 0 Å². The molecule has 100 valence electrons. The normalized spacial score (nSPS) is 17.3. The lowest BCUT2D eigenvalue weighted by atomic mass is 9.95. The number of fused-ring (bicyclic) bond motifs is 1. The average Bonchev–Trinajstić information content (AvgIpc) is 2.39. The van der Waals surface area contributed by atoms with Crippen molar-refractivity contribution in [1.29, 1.82) is 0 Å². The molecular weight excluding hydrogens is 232 g/mol. The molecule has 0 saturated heterocycles. The highest BCUT2D eigenvalue weighted by Gasteiger charge is 2.22. The Hall–Kier alpha value is -1.30. The first-order valence-corrected chi connectivity index (χ1v) is 6.11. The molecule has 5 heteroatoms. The van der Waals surface area contributed by atoms with Crippen LogP contribution in [0.15, 0.2) is 12.1 Å². The number of aryl methyl sites for hydroxylation is 1. The Labute approximate surface area is 107 Å². The van der Waals surface area contributed by atoms with Gasteiger partial charge >= 0.3 is 0 Å². The summed E-state index contributed by atoms with van der Waals surface area (Å²) in [7, 11) is 1.83. The van der Waals surface area contributed by atoms with Gasteiger partial charge in [0.05, 0.1) is 6.61 Å². The topological polar surface area (TPSA) is 76.7 Å². The van der Waals surface area contributed by atoms with Crippen molar-refractivity contribution in [3.05, 3.63) is 23.3 Å². The molecule has 0 aromatic heterocycles. The Morgan fingerprint density at radius 1 is 1.33 bits per heavy atom. The second kappa shape index (κ2) is 5.56. The summed E-state index contributed by atoms with van der Waals surface area (Å²) in [6, 6.07) is 3.45. The van der Waals surface area contributed by atoms with Crippen LogP contribution in [0.5, 0.6) is 11.5 Å². The van der Waals surface area contributed by atoms with Crippen LogP contribution in [-0.4, -0.2) is 38.0 Å². The van der Waals surface area contributed by atoms with Crippen LogP contribution in [0.4, 0.5) is 0 Å². The molecule has 0 spiro atoms. The average molecular weight is 252 g/mol. The summed E-state index contributed by atoms with van der Waals surface area (Å²) in [5, 5.41) is 12.3. The molecule has 0 amide bonds. The number of rotatable bonds is 4. The minimum atomic E-state index is -0.351. The fourth-order valence-corrected chi connectivity index (χ4v) is 2.25. The molecule has 0 radical (unpaired) electrons. The summed E-state index contributed by atoms with van der Waals surface area (Å²) in [5.41, 5.74) is 8.02. The van der Waals surface area contributed by atoms with Crippen molar-refractivity contribution in [2.45, 2.75) is 19.0 Å². The summed E-state index contributed by atoms with van der Waals surface area (Å²) >= 11 is 0. The van der Waals surface area contributed by atoms with Crippen LogP contribution in [0.1, 0.15) is 17.2 Å². The number of aliphatic hydroxyl groups excluding tert-OH is 1. The van der Waals surface area contributed by atoms with Crippen LogP contribution in [0, 0.1) is 6.92 Å². The Balaban J connectivity index is 2.37. The van der Waals surface area contributed by atoms with Gasteiger partial charge in [-0.1, -0.05) is 0 Å². The lowest BCUT2D eigenvalue weighted by Gasteiger charge is -2.26. The van der Waals surface area contributed by atoms with Gasteiger partial charge in [-0.2, -0.15) is 0 Å². The van der Waals surface area contributed by atoms with Crippen LogP contribution in [0.3, 0.4) is 0 Å². The second-order valence-corrected chi connectivity index (χ2v) is 4.47. The lowest BCUT2D eigenvalue weighted by molar-refractivity contribution is 0.171. The van der Waals surface area contributed by atoms with E-state index in [2.05, 4.69) is 5.32 Å². The van der Waals surface area contributed by atoms with Crippen LogP contribution in [0.2, 0.25) is 0 Å². The molecule has 0 aliphatic carbocycles. The number of hydrogen-bond acceptors (Lipinski definition) is 5. The fourth-order valence-electron chi connectivity index (χ4n) is 2.25. The third-order valence-electron chi connectivity index (χ3n) is 3.22. The van der Waals surface area contributed by atoms with Crippen molar-refractivity contribution in [2.24, 2.45) is 5.73 Å². The second-order valence-electron chi connectivity index (χ2n) is 4.47. The third-order valence-corrected chi connectivity index (χ3v) is 3.22. The van der Waals surface area contributed by atoms with Crippen molar-refractivity contribution in [3.8, 4) is 11.5 Å².